The first-order valence-electron chi connectivity index (χ1n) is 10.8. The van der Waals surface area contributed by atoms with Gasteiger partial charge in [-0.05, 0) is 61.8 Å². The largest absolute Gasteiger partial charge is 0.328 e. The molecule has 1 unspecified atom stereocenters. The van der Waals surface area contributed by atoms with E-state index in [9.17, 15) is 9.59 Å². The van der Waals surface area contributed by atoms with Gasteiger partial charge >= 0.3 is 0 Å². The maximum Gasteiger partial charge on any atom is 0.250 e. The summed E-state index contributed by atoms with van der Waals surface area (Å²) >= 11 is 6.08. The van der Waals surface area contributed by atoms with Crippen molar-refractivity contribution in [2.45, 2.75) is 58.2 Å². The standard InChI is InChI=1S/C25H29ClN2O2/c1-17-3-7-19(8-4-17)15-28-23(29)16-27(22-13-5-18(2)6-14-22)25(30)24(28)20-9-11-21(26)12-10-20/h3-4,7-12,18,22,24H,5-6,13-16H2,1-2H3. The van der Waals surface area contributed by atoms with Gasteiger partial charge in [0.2, 0.25) is 5.91 Å². The van der Waals surface area contributed by atoms with Crippen molar-refractivity contribution < 1.29 is 9.59 Å². The van der Waals surface area contributed by atoms with Gasteiger partial charge in [-0.3, -0.25) is 9.59 Å². The van der Waals surface area contributed by atoms with Crippen LogP contribution in [0.3, 0.4) is 0 Å². The zero-order chi connectivity index (χ0) is 21.3. The van der Waals surface area contributed by atoms with Crippen LogP contribution >= 0.6 is 11.6 Å². The molecule has 0 N–H and O–H groups in total. The molecule has 0 radical (unpaired) electrons. The van der Waals surface area contributed by atoms with Crippen LogP contribution in [-0.2, 0) is 16.1 Å². The lowest BCUT2D eigenvalue weighted by molar-refractivity contribution is -0.160. The molecule has 1 saturated carbocycles. The van der Waals surface area contributed by atoms with Gasteiger partial charge in [-0.2, -0.15) is 0 Å². The van der Waals surface area contributed by atoms with Crippen LogP contribution in [0.5, 0.6) is 0 Å². The highest BCUT2D eigenvalue weighted by Gasteiger charge is 2.43. The lowest BCUT2D eigenvalue weighted by Crippen LogP contribution is -2.58. The SMILES string of the molecule is Cc1ccc(CN2C(=O)CN(C3CCC(C)CC3)C(=O)C2c2ccc(Cl)cc2)cc1. The molecule has 4 rings (SSSR count). The predicted molar refractivity (Wildman–Crippen MR) is 119 cm³/mol. The fourth-order valence-electron chi connectivity index (χ4n) is 4.65. The monoisotopic (exact) mass is 424 g/mol. The maximum atomic E-state index is 13.7. The van der Waals surface area contributed by atoms with Gasteiger partial charge in [-0.25, -0.2) is 0 Å². The van der Waals surface area contributed by atoms with Gasteiger partial charge in [0.25, 0.3) is 5.91 Å². The van der Waals surface area contributed by atoms with E-state index in [0.29, 0.717) is 17.5 Å². The molecule has 4 nitrogen and oxygen atoms in total. The first-order chi connectivity index (χ1) is 14.4. The molecule has 2 fully saturated rings. The molecule has 2 aromatic rings. The molecule has 2 aromatic carbocycles. The van der Waals surface area contributed by atoms with E-state index < -0.39 is 6.04 Å². The lowest BCUT2D eigenvalue weighted by Gasteiger charge is -2.45. The van der Waals surface area contributed by atoms with Crippen molar-refractivity contribution in [2.75, 3.05) is 6.54 Å². The number of benzene rings is 2. The third-order valence-corrected chi connectivity index (χ3v) is 6.79. The number of piperazine rings is 1. The van der Waals surface area contributed by atoms with Crippen molar-refractivity contribution in [2.24, 2.45) is 5.92 Å². The molecule has 1 aliphatic carbocycles. The smallest absolute Gasteiger partial charge is 0.250 e. The van der Waals surface area contributed by atoms with Crippen LogP contribution in [0.1, 0.15) is 55.3 Å². The summed E-state index contributed by atoms with van der Waals surface area (Å²) in [5.74, 6) is 0.735. The summed E-state index contributed by atoms with van der Waals surface area (Å²) in [4.78, 5) is 30.6. The van der Waals surface area contributed by atoms with E-state index in [1.807, 2.05) is 48.2 Å². The fourth-order valence-corrected chi connectivity index (χ4v) is 4.78. The van der Waals surface area contributed by atoms with Crippen LogP contribution in [0.4, 0.5) is 0 Å². The van der Waals surface area contributed by atoms with Crippen molar-refractivity contribution in [3.63, 3.8) is 0 Å². The van der Waals surface area contributed by atoms with E-state index in [1.165, 1.54) is 5.56 Å². The average molecular weight is 425 g/mol. The number of rotatable bonds is 4. The Hall–Kier alpha value is -2.33. The second kappa shape index (κ2) is 8.81. The highest BCUT2D eigenvalue weighted by atomic mass is 35.5. The molecular formula is C25H29ClN2O2. The summed E-state index contributed by atoms with van der Waals surface area (Å²) in [7, 11) is 0. The number of nitrogens with zero attached hydrogens (tertiary/aromatic N) is 2. The van der Waals surface area contributed by atoms with Crippen LogP contribution < -0.4 is 0 Å². The number of hydrogen-bond acceptors (Lipinski definition) is 2. The quantitative estimate of drug-likeness (QED) is 0.681. The number of carbonyl (C=O) groups excluding carboxylic acids is 2. The Bertz CT molecular complexity index is 902. The van der Waals surface area contributed by atoms with Crippen LogP contribution in [0.2, 0.25) is 5.02 Å². The topological polar surface area (TPSA) is 40.6 Å². The number of amides is 2. The van der Waals surface area contributed by atoms with E-state index >= 15 is 0 Å². The second-order valence-corrected chi connectivity index (χ2v) is 9.28. The van der Waals surface area contributed by atoms with Crippen molar-refractivity contribution in [3.05, 3.63) is 70.2 Å². The minimum atomic E-state index is -0.607. The normalized spacial score (nSPS) is 25.0. The van der Waals surface area contributed by atoms with Crippen LogP contribution in [0.25, 0.3) is 0 Å². The highest BCUT2D eigenvalue weighted by molar-refractivity contribution is 6.30. The predicted octanol–water partition coefficient (Wildman–Crippen LogP) is 5.14. The second-order valence-electron chi connectivity index (χ2n) is 8.84. The molecule has 0 spiro atoms. The zero-order valence-corrected chi connectivity index (χ0v) is 18.4. The molecule has 158 valence electrons. The molecule has 1 aliphatic heterocycles. The summed E-state index contributed by atoms with van der Waals surface area (Å²) in [5, 5.41) is 0.622. The zero-order valence-electron chi connectivity index (χ0n) is 17.7. The van der Waals surface area contributed by atoms with Gasteiger partial charge in [0, 0.05) is 17.6 Å². The van der Waals surface area contributed by atoms with Gasteiger partial charge in [-0.15, -0.1) is 0 Å². The Morgan fingerprint density at radius 2 is 1.57 bits per heavy atom. The van der Waals surface area contributed by atoms with Gasteiger partial charge in [0.15, 0.2) is 0 Å². The van der Waals surface area contributed by atoms with Crippen molar-refractivity contribution >= 4 is 23.4 Å². The summed E-state index contributed by atoms with van der Waals surface area (Å²) in [6.07, 6.45) is 4.18. The van der Waals surface area contributed by atoms with E-state index in [1.54, 1.807) is 17.0 Å². The first-order valence-corrected chi connectivity index (χ1v) is 11.2. The maximum absolute atomic E-state index is 13.7. The summed E-state index contributed by atoms with van der Waals surface area (Å²) in [6.45, 7) is 4.90. The van der Waals surface area contributed by atoms with E-state index in [-0.39, 0.29) is 24.4 Å². The van der Waals surface area contributed by atoms with Crippen LogP contribution in [-0.4, -0.2) is 34.2 Å². The van der Waals surface area contributed by atoms with Crippen molar-refractivity contribution in [3.8, 4) is 0 Å². The number of halogens is 1. The van der Waals surface area contributed by atoms with E-state index in [4.69, 9.17) is 11.6 Å². The molecule has 2 amide bonds. The number of hydrogen-bond donors (Lipinski definition) is 0. The van der Waals surface area contributed by atoms with Crippen molar-refractivity contribution in [1.82, 2.24) is 9.80 Å². The first kappa shape index (κ1) is 20.9. The van der Waals surface area contributed by atoms with Gasteiger partial charge in [0.1, 0.15) is 12.6 Å². The van der Waals surface area contributed by atoms with E-state index in [2.05, 4.69) is 6.92 Å². The fraction of sp³-hybridized carbons (Fsp3) is 0.440. The molecule has 1 saturated heterocycles. The highest BCUT2D eigenvalue weighted by Crippen LogP contribution is 2.35. The Balaban J connectivity index is 1.65. The Labute approximate surface area is 183 Å². The van der Waals surface area contributed by atoms with Crippen LogP contribution in [0.15, 0.2) is 48.5 Å². The molecule has 5 heteroatoms. The van der Waals surface area contributed by atoms with Gasteiger partial charge in [0.05, 0.1) is 0 Å². The minimum absolute atomic E-state index is 0.00810. The minimum Gasteiger partial charge on any atom is -0.328 e. The third-order valence-electron chi connectivity index (χ3n) is 6.54. The number of aryl methyl sites for hydroxylation is 1. The Morgan fingerprint density at radius 3 is 2.20 bits per heavy atom. The molecule has 30 heavy (non-hydrogen) atoms. The Kier molecular flexibility index (Phi) is 6.14. The molecule has 2 aliphatic rings. The molecule has 0 aromatic heterocycles. The summed E-state index contributed by atoms with van der Waals surface area (Å²) < 4.78 is 0. The average Bonchev–Trinajstić information content (AvgIpc) is 2.74. The van der Waals surface area contributed by atoms with Gasteiger partial charge < -0.3 is 9.80 Å². The third kappa shape index (κ3) is 4.39. The molecule has 1 heterocycles. The van der Waals surface area contributed by atoms with E-state index in [0.717, 1.165) is 36.8 Å². The Morgan fingerprint density at radius 1 is 0.933 bits per heavy atom. The van der Waals surface area contributed by atoms with Crippen molar-refractivity contribution in [1.29, 1.82) is 0 Å². The van der Waals surface area contributed by atoms with Gasteiger partial charge in [-0.1, -0.05) is 60.5 Å². The summed E-state index contributed by atoms with van der Waals surface area (Å²) in [6, 6.07) is 15.0. The number of carbonyl (C=O) groups is 2. The molecule has 0 bridgehead atoms. The molecule has 1 atom stereocenters. The summed E-state index contributed by atoms with van der Waals surface area (Å²) in [5.41, 5.74) is 3.02. The molecular weight excluding hydrogens is 396 g/mol. The van der Waals surface area contributed by atoms with Crippen LogP contribution in [0, 0.1) is 12.8 Å². The lowest BCUT2D eigenvalue weighted by atomic mass is 9.85.